The quantitative estimate of drug-likeness (QED) is 0.792. The first-order chi connectivity index (χ1) is 5.21. The lowest BCUT2D eigenvalue weighted by molar-refractivity contribution is -0.0551. The van der Waals surface area contributed by atoms with Crippen LogP contribution in [-0.2, 0) is 10.3 Å². The number of halogens is 1. The molecule has 2 heterocycles. The average Bonchev–Trinajstić information content (AvgIpc) is 2.31. The molecular formula is C6H7BrN2OS. The summed E-state index contributed by atoms with van der Waals surface area (Å²) in [6.07, 6.45) is 1.80. The van der Waals surface area contributed by atoms with E-state index in [1.165, 1.54) is 0 Å². The van der Waals surface area contributed by atoms with Crippen LogP contribution in [0.2, 0.25) is 0 Å². The van der Waals surface area contributed by atoms with Crippen LogP contribution in [0, 0.1) is 0 Å². The van der Waals surface area contributed by atoms with Crippen LogP contribution in [0.1, 0.15) is 4.88 Å². The van der Waals surface area contributed by atoms with Crippen molar-refractivity contribution >= 4 is 27.3 Å². The third-order valence-corrected chi connectivity index (χ3v) is 3.38. The van der Waals surface area contributed by atoms with Crippen molar-refractivity contribution in [3.63, 3.8) is 0 Å². The third-order valence-electron chi connectivity index (χ3n) is 1.69. The van der Waals surface area contributed by atoms with Gasteiger partial charge in [0, 0.05) is 6.20 Å². The van der Waals surface area contributed by atoms with Gasteiger partial charge in [0.2, 0.25) is 0 Å². The zero-order chi connectivity index (χ0) is 7.90. The highest BCUT2D eigenvalue weighted by Crippen LogP contribution is 2.32. The Morgan fingerprint density at radius 1 is 1.73 bits per heavy atom. The molecule has 60 valence electrons. The van der Waals surface area contributed by atoms with Gasteiger partial charge in [-0.1, -0.05) is 0 Å². The van der Waals surface area contributed by atoms with Crippen LogP contribution < -0.4 is 5.73 Å². The number of hydrogen-bond acceptors (Lipinski definition) is 4. The summed E-state index contributed by atoms with van der Waals surface area (Å²) in [6, 6.07) is 0. The minimum Gasteiger partial charge on any atom is -0.377 e. The highest BCUT2D eigenvalue weighted by atomic mass is 79.9. The molecule has 1 fully saturated rings. The van der Waals surface area contributed by atoms with Crippen LogP contribution >= 0.6 is 27.3 Å². The number of ether oxygens (including phenoxy) is 1. The highest BCUT2D eigenvalue weighted by molar-refractivity contribution is 9.11. The first-order valence-electron chi connectivity index (χ1n) is 3.19. The van der Waals surface area contributed by atoms with Gasteiger partial charge < -0.3 is 10.5 Å². The van der Waals surface area contributed by atoms with Gasteiger partial charge in [-0.05, 0) is 15.9 Å². The molecule has 5 heteroatoms. The van der Waals surface area contributed by atoms with Crippen LogP contribution in [0.25, 0.3) is 0 Å². The molecule has 0 radical (unpaired) electrons. The van der Waals surface area contributed by atoms with E-state index >= 15 is 0 Å². The van der Waals surface area contributed by atoms with Crippen molar-refractivity contribution in [3.05, 3.63) is 15.0 Å². The summed E-state index contributed by atoms with van der Waals surface area (Å²) in [7, 11) is 0. The van der Waals surface area contributed by atoms with Gasteiger partial charge in [-0.15, -0.1) is 11.3 Å². The topological polar surface area (TPSA) is 48.1 Å². The van der Waals surface area contributed by atoms with Crippen LogP contribution in [0.15, 0.2) is 10.1 Å². The van der Waals surface area contributed by atoms with Gasteiger partial charge in [0.15, 0.2) is 3.92 Å². The Bertz CT molecular complexity index is 271. The highest BCUT2D eigenvalue weighted by Gasteiger charge is 2.37. The van der Waals surface area contributed by atoms with Crippen molar-refractivity contribution in [2.24, 2.45) is 5.73 Å². The number of hydrogen-bond donors (Lipinski definition) is 1. The van der Waals surface area contributed by atoms with E-state index in [-0.39, 0.29) is 5.54 Å². The molecule has 1 aliphatic heterocycles. The summed E-state index contributed by atoms with van der Waals surface area (Å²) in [5, 5.41) is 0. The van der Waals surface area contributed by atoms with Crippen molar-refractivity contribution in [2.45, 2.75) is 5.54 Å². The van der Waals surface area contributed by atoms with E-state index in [0.717, 1.165) is 8.79 Å². The predicted molar refractivity (Wildman–Crippen MR) is 46.5 cm³/mol. The van der Waals surface area contributed by atoms with Crippen molar-refractivity contribution in [1.82, 2.24) is 4.98 Å². The van der Waals surface area contributed by atoms with Crippen molar-refractivity contribution in [1.29, 1.82) is 0 Å². The second kappa shape index (κ2) is 2.52. The molecule has 0 aliphatic carbocycles. The fraction of sp³-hybridized carbons (Fsp3) is 0.500. The van der Waals surface area contributed by atoms with E-state index in [2.05, 4.69) is 20.9 Å². The Labute approximate surface area is 76.7 Å². The standard InChI is InChI=1S/C6H7BrN2OS/c7-5-9-1-4(11-5)6(8)2-10-3-6/h1H,2-3,8H2. The maximum atomic E-state index is 5.96. The van der Waals surface area contributed by atoms with Gasteiger partial charge in [0.1, 0.15) is 0 Å². The number of nitrogens with two attached hydrogens (primary N) is 1. The molecule has 1 saturated heterocycles. The molecule has 0 amide bonds. The summed E-state index contributed by atoms with van der Waals surface area (Å²) in [6.45, 7) is 1.23. The van der Waals surface area contributed by atoms with Crippen LogP contribution in [-0.4, -0.2) is 18.2 Å². The zero-order valence-corrected chi connectivity index (χ0v) is 8.11. The summed E-state index contributed by atoms with van der Waals surface area (Å²) >= 11 is 4.86. The number of nitrogens with zero attached hydrogens (tertiary/aromatic N) is 1. The first kappa shape index (κ1) is 7.67. The zero-order valence-electron chi connectivity index (χ0n) is 5.71. The number of rotatable bonds is 1. The maximum absolute atomic E-state index is 5.96. The van der Waals surface area contributed by atoms with Crippen LogP contribution in [0.3, 0.4) is 0 Å². The molecule has 1 aliphatic rings. The predicted octanol–water partition coefficient (Wildman–Crippen LogP) is 1.09. The fourth-order valence-corrected chi connectivity index (χ4v) is 2.29. The Hall–Kier alpha value is 0.0300. The summed E-state index contributed by atoms with van der Waals surface area (Å²) in [5.41, 5.74) is 5.70. The Morgan fingerprint density at radius 2 is 2.45 bits per heavy atom. The molecule has 0 bridgehead atoms. The largest absolute Gasteiger partial charge is 0.377 e. The second-order valence-electron chi connectivity index (χ2n) is 2.63. The van der Waals surface area contributed by atoms with E-state index in [9.17, 15) is 0 Å². The van der Waals surface area contributed by atoms with Gasteiger partial charge in [-0.2, -0.15) is 0 Å². The first-order valence-corrected chi connectivity index (χ1v) is 4.80. The smallest absolute Gasteiger partial charge is 0.159 e. The third kappa shape index (κ3) is 1.22. The Kier molecular flexibility index (Phi) is 1.75. The summed E-state index contributed by atoms with van der Waals surface area (Å²) in [4.78, 5) is 5.16. The molecular weight excluding hydrogens is 228 g/mol. The van der Waals surface area contributed by atoms with E-state index in [1.807, 2.05) is 0 Å². The number of thiazole rings is 1. The molecule has 11 heavy (non-hydrogen) atoms. The van der Waals surface area contributed by atoms with Crippen LogP contribution in [0.5, 0.6) is 0 Å². The molecule has 0 unspecified atom stereocenters. The van der Waals surface area contributed by atoms with Crippen molar-refractivity contribution in [2.75, 3.05) is 13.2 Å². The lowest BCUT2D eigenvalue weighted by atomic mass is 9.98. The summed E-state index contributed by atoms with van der Waals surface area (Å²) < 4.78 is 5.92. The molecule has 0 spiro atoms. The molecule has 2 rings (SSSR count). The SMILES string of the molecule is NC1(c2cnc(Br)s2)COC1. The van der Waals surface area contributed by atoms with Gasteiger partial charge in [0.25, 0.3) is 0 Å². The van der Waals surface area contributed by atoms with Gasteiger partial charge in [0.05, 0.1) is 23.6 Å². The van der Waals surface area contributed by atoms with Gasteiger partial charge in [-0.25, -0.2) is 4.98 Å². The fourth-order valence-electron chi connectivity index (χ4n) is 0.947. The van der Waals surface area contributed by atoms with Crippen molar-refractivity contribution < 1.29 is 4.74 Å². The molecule has 0 saturated carbocycles. The summed E-state index contributed by atoms with van der Waals surface area (Å²) in [5.74, 6) is 0. The lowest BCUT2D eigenvalue weighted by Crippen LogP contribution is -2.53. The molecule has 2 N–H and O–H groups in total. The van der Waals surface area contributed by atoms with E-state index < -0.39 is 0 Å². The maximum Gasteiger partial charge on any atom is 0.159 e. The van der Waals surface area contributed by atoms with Gasteiger partial charge >= 0.3 is 0 Å². The van der Waals surface area contributed by atoms with Crippen molar-refractivity contribution in [3.8, 4) is 0 Å². The Morgan fingerprint density at radius 3 is 2.82 bits per heavy atom. The minimum atomic E-state index is -0.260. The molecule has 1 aromatic rings. The molecule has 3 nitrogen and oxygen atoms in total. The normalized spacial score (nSPS) is 21.3. The molecule has 0 aromatic carbocycles. The minimum absolute atomic E-state index is 0.260. The second-order valence-corrected chi connectivity index (χ2v) is 4.93. The van der Waals surface area contributed by atoms with Crippen LogP contribution in [0.4, 0.5) is 0 Å². The van der Waals surface area contributed by atoms with E-state index in [0.29, 0.717) is 13.2 Å². The number of aromatic nitrogens is 1. The van der Waals surface area contributed by atoms with Gasteiger partial charge in [-0.3, -0.25) is 0 Å². The lowest BCUT2D eigenvalue weighted by Gasteiger charge is -2.36. The van der Waals surface area contributed by atoms with E-state index in [1.54, 1.807) is 17.5 Å². The molecule has 0 atom stereocenters. The molecule has 1 aromatic heterocycles. The van der Waals surface area contributed by atoms with E-state index in [4.69, 9.17) is 10.5 Å². The average molecular weight is 235 g/mol. The Balaban J connectivity index is 2.28. The monoisotopic (exact) mass is 234 g/mol.